The van der Waals surface area contributed by atoms with Gasteiger partial charge in [0.05, 0.1) is 5.60 Å². The monoisotopic (exact) mass is 241 g/mol. The van der Waals surface area contributed by atoms with Gasteiger partial charge in [-0.1, -0.05) is 19.1 Å². The molecule has 1 aromatic rings. The first-order valence-electron chi connectivity index (χ1n) is 5.77. The van der Waals surface area contributed by atoms with Crippen LogP contribution >= 0.6 is 0 Å². The van der Waals surface area contributed by atoms with E-state index in [9.17, 15) is 9.50 Å². The van der Waals surface area contributed by atoms with E-state index < -0.39 is 11.4 Å². The van der Waals surface area contributed by atoms with Crippen molar-refractivity contribution in [3.8, 4) is 5.75 Å². The highest BCUT2D eigenvalue weighted by Gasteiger charge is 2.16. The first kappa shape index (κ1) is 13.9. The third-order valence-electron chi connectivity index (χ3n) is 2.18. The Morgan fingerprint density at radius 2 is 2.12 bits per heavy atom. The molecular formula is C13H20FNO2. The Balaban J connectivity index is 2.80. The smallest absolute Gasteiger partial charge is 0.165 e. The van der Waals surface area contributed by atoms with Gasteiger partial charge in [-0.15, -0.1) is 0 Å². The van der Waals surface area contributed by atoms with Crippen molar-refractivity contribution in [1.29, 1.82) is 0 Å². The number of rotatable bonds is 6. The van der Waals surface area contributed by atoms with Gasteiger partial charge in [-0.05, 0) is 26.5 Å². The van der Waals surface area contributed by atoms with Crippen LogP contribution in [0.2, 0.25) is 0 Å². The molecule has 3 nitrogen and oxygen atoms in total. The molecule has 1 aromatic carbocycles. The molecule has 96 valence electrons. The fraction of sp³-hybridized carbons (Fsp3) is 0.538. The summed E-state index contributed by atoms with van der Waals surface area (Å²) in [6.45, 7) is 6.65. The van der Waals surface area contributed by atoms with Crippen LogP contribution in [0.25, 0.3) is 0 Å². The molecule has 0 radical (unpaired) electrons. The van der Waals surface area contributed by atoms with Crippen molar-refractivity contribution >= 4 is 0 Å². The normalized spacial score (nSPS) is 11.6. The molecule has 1 rings (SSSR count). The molecule has 0 aliphatic heterocycles. The van der Waals surface area contributed by atoms with Gasteiger partial charge >= 0.3 is 0 Å². The lowest BCUT2D eigenvalue weighted by Gasteiger charge is -2.20. The zero-order valence-corrected chi connectivity index (χ0v) is 10.6. The van der Waals surface area contributed by atoms with Crippen LogP contribution in [0.4, 0.5) is 4.39 Å². The first-order valence-corrected chi connectivity index (χ1v) is 5.77. The van der Waals surface area contributed by atoms with Crippen LogP contribution in [0.3, 0.4) is 0 Å². The highest BCUT2D eigenvalue weighted by Crippen LogP contribution is 2.23. The molecule has 0 aromatic heterocycles. The SMILES string of the molecule is CCNCc1cccc(F)c1OCC(C)(C)O. The van der Waals surface area contributed by atoms with Crippen molar-refractivity contribution in [2.75, 3.05) is 13.2 Å². The van der Waals surface area contributed by atoms with E-state index in [0.717, 1.165) is 12.1 Å². The maximum Gasteiger partial charge on any atom is 0.165 e. The summed E-state index contributed by atoms with van der Waals surface area (Å²) in [4.78, 5) is 0. The highest BCUT2D eigenvalue weighted by molar-refractivity contribution is 5.35. The molecule has 2 N–H and O–H groups in total. The topological polar surface area (TPSA) is 41.5 Å². The second kappa shape index (κ2) is 5.98. The van der Waals surface area contributed by atoms with Gasteiger partial charge in [0.15, 0.2) is 11.6 Å². The molecule has 0 heterocycles. The van der Waals surface area contributed by atoms with E-state index in [2.05, 4.69) is 5.32 Å². The number of nitrogens with one attached hydrogen (secondary N) is 1. The summed E-state index contributed by atoms with van der Waals surface area (Å²) in [5.74, 6) is -0.180. The molecule has 0 aliphatic rings. The molecule has 4 heteroatoms. The van der Waals surface area contributed by atoms with E-state index in [-0.39, 0.29) is 12.4 Å². The molecule has 0 saturated heterocycles. The fourth-order valence-electron chi connectivity index (χ4n) is 1.36. The number of ether oxygens (including phenoxy) is 1. The van der Waals surface area contributed by atoms with Crippen molar-refractivity contribution in [2.45, 2.75) is 32.9 Å². The van der Waals surface area contributed by atoms with Gasteiger partial charge in [0.2, 0.25) is 0 Å². The molecule has 0 fully saturated rings. The van der Waals surface area contributed by atoms with Gasteiger partial charge in [-0.3, -0.25) is 0 Å². The van der Waals surface area contributed by atoms with E-state index in [1.807, 2.05) is 13.0 Å². The van der Waals surface area contributed by atoms with Crippen molar-refractivity contribution in [3.05, 3.63) is 29.6 Å². The first-order chi connectivity index (χ1) is 7.94. The van der Waals surface area contributed by atoms with E-state index in [0.29, 0.717) is 6.54 Å². The van der Waals surface area contributed by atoms with E-state index >= 15 is 0 Å². The number of hydrogen-bond donors (Lipinski definition) is 2. The lowest BCUT2D eigenvalue weighted by atomic mass is 10.1. The quantitative estimate of drug-likeness (QED) is 0.801. The number of hydrogen-bond acceptors (Lipinski definition) is 3. The number of aliphatic hydroxyl groups is 1. The molecule has 0 unspecified atom stereocenters. The van der Waals surface area contributed by atoms with E-state index in [4.69, 9.17) is 4.74 Å². The van der Waals surface area contributed by atoms with Crippen molar-refractivity contribution in [3.63, 3.8) is 0 Å². The second-order valence-corrected chi connectivity index (χ2v) is 4.61. The van der Waals surface area contributed by atoms with E-state index in [1.54, 1.807) is 19.9 Å². The van der Waals surface area contributed by atoms with Crippen molar-refractivity contribution in [1.82, 2.24) is 5.32 Å². The Morgan fingerprint density at radius 3 is 2.71 bits per heavy atom. The predicted molar refractivity (Wildman–Crippen MR) is 65.6 cm³/mol. The molecule has 0 amide bonds. The molecule has 0 atom stereocenters. The molecule has 17 heavy (non-hydrogen) atoms. The maximum atomic E-state index is 13.6. The minimum absolute atomic E-state index is 0.0626. The predicted octanol–water partition coefficient (Wildman–Crippen LogP) is 2.08. The van der Waals surface area contributed by atoms with Crippen LogP contribution in [-0.4, -0.2) is 23.9 Å². The Labute approximate surface area is 102 Å². The van der Waals surface area contributed by atoms with Gasteiger partial charge < -0.3 is 15.2 Å². The third kappa shape index (κ3) is 4.71. The zero-order chi connectivity index (χ0) is 12.9. The zero-order valence-electron chi connectivity index (χ0n) is 10.6. The van der Waals surface area contributed by atoms with Gasteiger partial charge in [-0.2, -0.15) is 0 Å². The maximum absolute atomic E-state index is 13.6. The van der Waals surface area contributed by atoms with Crippen molar-refractivity contribution in [2.24, 2.45) is 0 Å². The second-order valence-electron chi connectivity index (χ2n) is 4.61. The Morgan fingerprint density at radius 1 is 1.41 bits per heavy atom. The molecule has 0 spiro atoms. The summed E-state index contributed by atoms with van der Waals surface area (Å²) in [5.41, 5.74) is -0.214. The van der Waals surface area contributed by atoms with Gasteiger partial charge in [0.25, 0.3) is 0 Å². The average molecular weight is 241 g/mol. The third-order valence-corrected chi connectivity index (χ3v) is 2.18. The summed E-state index contributed by atoms with van der Waals surface area (Å²) in [6, 6.07) is 4.82. The summed E-state index contributed by atoms with van der Waals surface area (Å²) in [7, 11) is 0. The van der Waals surface area contributed by atoms with Crippen LogP contribution in [0.1, 0.15) is 26.3 Å². The fourth-order valence-corrected chi connectivity index (χ4v) is 1.36. The summed E-state index contributed by atoms with van der Waals surface area (Å²) in [5, 5.41) is 12.7. The van der Waals surface area contributed by atoms with Crippen LogP contribution < -0.4 is 10.1 Å². The number of benzene rings is 1. The van der Waals surface area contributed by atoms with Crippen LogP contribution in [0.5, 0.6) is 5.75 Å². The Bertz CT molecular complexity index is 361. The lowest BCUT2D eigenvalue weighted by Crippen LogP contribution is -2.28. The van der Waals surface area contributed by atoms with Gasteiger partial charge in [-0.25, -0.2) is 4.39 Å². The van der Waals surface area contributed by atoms with Gasteiger partial charge in [0.1, 0.15) is 6.61 Å². The molecule has 0 saturated carbocycles. The molecule has 0 bridgehead atoms. The molecular weight excluding hydrogens is 221 g/mol. The highest BCUT2D eigenvalue weighted by atomic mass is 19.1. The standard InChI is InChI=1S/C13H20FNO2/c1-4-15-8-10-6-5-7-11(14)12(10)17-9-13(2,3)16/h5-7,15-16H,4,8-9H2,1-3H3. The van der Waals surface area contributed by atoms with Crippen LogP contribution in [0, 0.1) is 5.82 Å². The van der Waals surface area contributed by atoms with Crippen LogP contribution in [-0.2, 0) is 6.54 Å². The lowest BCUT2D eigenvalue weighted by molar-refractivity contribution is 0.0268. The van der Waals surface area contributed by atoms with Crippen LogP contribution in [0.15, 0.2) is 18.2 Å². The molecule has 0 aliphatic carbocycles. The number of para-hydroxylation sites is 1. The Kier molecular flexibility index (Phi) is 4.90. The van der Waals surface area contributed by atoms with E-state index in [1.165, 1.54) is 6.07 Å². The minimum Gasteiger partial charge on any atom is -0.487 e. The summed E-state index contributed by atoms with van der Waals surface area (Å²) < 4.78 is 19.0. The van der Waals surface area contributed by atoms with Gasteiger partial charge in [0, 0.05) is 12.1 Å². The minimum atomic E-state index is -0.974. The number of halogens is 1. The average Bonchev–Trinajstić information content (AvgIpc) is 2.23. The van der Waals surface area contributed by atoms with Crippen molar-refractivity contribution < 1.29 is 14.2 Å². The summed E-state index contributed by atoms with van der Waals surface area (Å²) in [6.07, 6.45) is 0. The largest absolute Gasteiger partial charge is 0.487 e. The summed E-state index contributed by atoms with van der Waals surface area (Å²) >= 11 is 0. The Hall–Kier alpha value is -1.13.